The number of ether oxygens (including phenoxy) is 1. The number of hydrogen-bond acceptors (Lipinski definition) is 3. The Morgan fingerprint density at radius 2 is 1.84 bits per heavy atom. The summed E-state index contributed by atoms with van der Waals surface area (Å²) in [5.41, 5.74) is 1.34. The number of nitrogens with one attached hydrogen (secondary N) is 1. The second-order valence-corrected chi connectivity index (χ2v) is 6.95. The van der Waals surface area contributed by atoms with E-state index in [-0.39, 0.29) is 17.0 Å². The van der Waals surface area contributed by atoms with E-state index in [0.29, 0.717) is 12.6 Å². The van der Waals surface area contributed by atoms with Crippen LogP contribution in [-0.4, -0.2) is 29.7 Å². The molecule has 0 aromatic heterocycles. The van der Waals surface area contributed by atoms with Gasteiger partial charge in [-0.05, 0) is 41.5 Å². The molecular formula is C15H29N2O2+. The number of carbonyl (C=O) groups excluding carboxylic acids is 1. The van der Waals surface area contributed by atoms with Gasteiger partial charge in [0.25, 0.3) is 0 Å². The lowest BCUT2D eigenvalue weighted by molar-refractivity contribution is -0.788. The zero-order chi connectivity index (χ0) is 14.7. The lowest BCUT2D eigenvalue weighted by Crippen LogP contribution is -3.06. The number of nitrogens with two attached hydrogens (primary N) is 1. The van der Waals surface area contributed by atoms with Crippen molar-refractivity contribution in [2.75, 3.05) is 6.61 Å². The average molecular weight is 269 g/mol. The zero-order valence-corrected chi connectivity index (χ0v) is 13.2. The van der Waals surface area contributed by atoms with E-state index in [0.717, 1.165) is 18.5 Å². The highest BCUT2D eigenvalue weighted by Gasteiger charge is 2.41. The fourth-order valence-electron chi connectivity index (χ4n) is 3.34. The van der Waals surface area contributed by atoms with Crippen molar-refractivity contribution in [3.8, 4) is 0 Å². The van der Waals surface area contributed by atoms with Crippen molar-refractivity contribution in [2.45, 2.75) is 71.5 Å². The average Bonchev–Trinajstić information content (AvgIpc) is 2.10. The molecule has 0 aliphatic carbocycles. The molecule has 0 amide bonds. The van der Waals surface area contributed by atoms with Gasteiger partial charge in [0.05, 0.1) is 17.7 Å². The Bertz CT molecular complexity index is 343. The Labute approximate surface area is 117 Å². The molecule has 4 heteroatoms. The van der Waals surface area contributed by atoms with Gasteiger partial charge in [-0.15, -0.1) is 0 Å². The van der Waals surface area contributed by atoms with E-state index in [2.05, 4.69) is 38.3 Å². The number of quaternary nitrogens is 1. The van der Waals surface area contributed by atoms with Crippen LogP contribution in [0.25, 0.3) is 0 Å². The summed E-state index contributed by atoms with van der Waals surface area (Å²) >= 11 is 0. The Morgan fingerprint density at radius 3 is 2.32 bits per heavy atom. The third-order valence-corrected chi connectivity index (χ3v) is 3.38. The van der Waals surface area contributed by atoms with Gasteiger partial charge in [-0.3, -0.25) is 0 Å². The van der Waals surface area contributed by atoms with Crippen molar-refractivity contribution < 1.29 is 14.8 Å². The first-order valence-corrected chi connectivity index (χ1v) is 7.12. The topological polar surface area (TPSA) is 54.9 Å². The van der Waals surface area contributed by atoms with Crippen LogP contribution >= 0.6 is 0 Å². The molecule has 0 aromatic rings. The lowest BCUT2D eigenvalue weighted by atomic mass is 9.79. The van der Waals surface area contributed by atoms with Gasteiger partial charge >= 0.3 is 5.97 Å². The predicted octanol–water partition coefficient (Wildman–Crippen LogP) is 1.33. The molecule has 4 nitrogen and oxygen atoms in total. The molecule has 19 heavy (non-hydrogen) atoms. The molecule has 0 unspecified atom stereocenters. The standard InChI is InChI=1S/C15H28N2O2/c1-7-19-13(18)8-11(2)16-12-9-14(3,4)17-15(5,6)10-12/h8,12,16-17H,7,9-10H2,1-6H3/p+1. The maximum atomic E-state index is 11.4. The molecule has 1 saturated heterocycles. The number of esters is 1. The predicted molar refractivity (Wildman–Crippen MR) is 76.6 cm³/mol. The van der Waals surface area contributed by atoms with Gasteiger partial charge < -0.3 is 15.4 Å². The third-order valence-electron chi connectivity index (χ3n) is 3.38. The van der Waals surface area contributed by atoms with E-state index in [4.69, 9.17) is 4.74 Å². The van der Waals surface area contributed by atoms with Gasteiger partial charge in [-0.1, -0.05) is 0 Å². The van der Waals surface area contributed by atoms with Gasteiger partial charge in [0.15, 0.2) is 0 Å². The summed E-state index contributed by atoms with van der Waals surface area (Å²) in [4.78, 5) is 11.4. The summed E-state index contributed by atoms with van der Waals surface area (Å²) in [6.07, 6.45) is 3.72. The van der Waals surface area contributed by atoms with Crippen molar-refractivity contribution in [3.63, 3.8) is 0 Å². The van der Waals surface area contributed by atoms with E-state index >= 15 is 0 Å². The van der Waals surface area contributed by atoms with Crippen LogP contribution in [-0.2, 0) is 9.53 Å². The molecule has 1 fully saturated rings. The van der Waals surface area contributed by atoms with Crippen LogP contribution < -0.4 is 10.6 Å². The summed E-state index contributed by atoms with van der Waals surface area (Å²) in [7, 11) is 0. The van der Waals surface area contributed by atoms with Crippen LogP contribution in [0.15, 0.2) is 11.8 Å². The normalized spacial score (nSPS) is 22.9. The molecular weight excluding hydrogens is 240 g/mol. The molecule has 3 N–H and O–H groups in total. The summed E-state index contributed by atoms with van der Waals surface area (Å²) in [6.45, 7) is 13.2. The van der Waals surface area contributed by atoms with Crippen LogP contribution in [0, 0.1) is 0 Å². The quantitative estimate of drug-likeness (QED) is 0.598. The Morgan fingerprint density at radius 1 is 1.32 bits per heavy atom. The van der Waals surface area contributed by atoms with Gasteiger partial charge in [0.1, 0.15) is 0 Å². The molecule has 1 aliphatic rings. The van der Waals surface area contributed by atoms with Crippen molar-refractivity contribution >= 4 is 5.97 Å². The van der Waals surface area contributed by atoms with E-state index < -0.39 is 0 Å². The molecule has 0 aromatic carbocycles. The summed E-state index contributed by atoms with van der Waals surface area (Å²) in [5.74, 6) is -0.270. The largest absolute Gasteiger partial charge is 0.463 e. The minimum atomic E-state index is -0.270. The first kappa shape index (κ1) is 16.0. The fourth-order valence-corrected chi connectivity index (χ4v) is 3.34. The molecule has 1 rings (SSSR count). The van der Waals surface area contributed by atoms with Gasteiger partial charge in [0.2, 0.25) is 0 Å². The number of rotatable bonds is 4. The number of carbonyl (C=O) groups is 1. The second kappa shape index (κ2) is 5.95. The Kier molecular flexibility index (Phi) is 5.02. The van der Waals surface area contributed by atoms with Gasteiger partial charge in [0, 0.05) is 30.7 Å². The van der Waals surface area contributed by atoms with E-state index in [1.165, 1.54) is 0 Å². The molecule has 1 heterocycles. The summed E-state index contributed by atoms with van der Waals surface area (Å²) < 4.78 is 4.92. The van der Waals surface area contributed by atoms with Crippen LogP contribution in [0.1, 0.15) is 54.4 Å². The first-order chi connectivity index (χ1) is 8.63. The van der Waals surface area contributed by atoms with Crippen LogP contribution in [0.5, 0.6) is 0 Å². The van der Waals surface area contributed by atoms with Crippen LogP contribution in [0.2, 0.25) is 0 Å². The number of piperidine rings is 1. The lowest BCUT2D eigenvalue weighted by Gasteiger charge is -2.43. The maximum absolute atomic E-state index is 11.4. The van der Waals surface area contributed by atoms with Gasteiger partial charge in [-0.2, -0.15) is 0 Å². The molecule has 0 bridgehead atoms. The summed E-state index contributed by atoms with van der Waals surface area (Å²) in [6, 6.07) is 0.403. The Balaban J connectivity index is 2.63. The monoisotopic (exact) mass is 269 g/mol. The SMILES string of the molecule is CCOC(=O)C=C(C)NC1CC(C)(C)[NH2+]C(C)(C)C1. The second-order valence-electron chi connectivity index (χ2n) is 6.95. The number of allylic oxidation sites excluding steroid dienone is 1. The van der Waals surface area contributed by atoms with E-state index in [1.54, 1.807) is 6.08 Å². The fraction of sp³-hybridized carbons (Fsp3) is 0.800. The highest BCUT2D eigenvalue weighted by Crippen LogP contribution is 2.22. The smallest absolute Gasteiger partial charge is 0.332 e. The van der Waals surface area contributed by atoms with Gasteiger partial charge in [-0.25, -0.2) is 4.79 Å². The van der Waals surface area contributed by atoms with Crippen LogP contribution in [0.3, 0.4) is 0 Å². The van der Waals surface area contributed by atoms with Crippen molar-refractivity contribution in [3.05, 3.63) is 11.8 Å². The van der Waals surface area contributed by atoms with Crippen molar-refractivity contribution in [2.24, 2.45) is 0 Å². The molecule has 1 aliphatic heterocycles. The molecule has 0 atom stereocenters. The molecule has 0 spiro atoms. The van der Waals surface area contributed by atoms with Crippen molar-refractivity contribution in [1.29, 1.82) is 0 Å². The Hall–Kier alpha value is -1.03. The van der Waals surface area contributed by atoms with Crippen molar-refractivity contribution in [1.82, 2.24) is 5.32 Å². The van der Waals surface area contributed by atoms with Crippen LogP contribution in [0.4, 0.5) is 0 Å². The summed E-state index contributed by atoms with van der Waals surface area (Å²) in [5, 5.41) is 5.91. The molecule has 110 valence electrons. The molecule has 0 saturated carbocycles. The first-order valence-electron chi connectivity index (χ1n) is 7.12. The minimum absolute atomic E-state index is 0.226. The van der Waals surface area contributed by atoms with E-state index in [1.807, 2.05) is 13.8 Å². The minimum Gasteiger partial charge on any atom is -0.463 e. The highest BCUT2D eigenvalue weighted by molar-refractivity contribution is 5.82. The third kappa shape index (κ3) is 5.64. The number of hydrogen-bond donors (Lipinski definition) is 2. The maximum Gasteiger partial charge on any atom is 0.332 e. The van der Waals surface area contributed by atoms with E-state index in [9.17, 15) is 4.79 Å². The zero-order valence-electron chi connectivity index (χ0n) is 13.2. The highest BCUT2D eigenvalue weighted by atomic mass is 16.5. The molecule has 0 radical (unpaired) electrons.